The third-order valence-electron chi connectivity index (χ3n) is 4.41. The molecule has 0 aliphatic rings. The Morgan fingerprint density at radius 1 is 1.08 bits per heavy atom. The van der Waals surface area contributed by atoms with Gasteiger partial charge in [0, 0.05) is 44.0 Å². The summed E-state index contributed by atoms with van der Waals surface area (Å²) in [4.78, 5) is 14.3. The molecule has 2 aromatic rings. The van der Waals surface area contributed by atoms with Crippen molar-refractivity contribution in [2.24, 2.45) is 0 Å². The highest BCUT2D eigenvalue weighted by Crippen LogP contribution is 2.22. The standard InChI is InChI=1S/C21H28FN3O/c1-4-25(5-2)19-10-11-20(16(3)14-19)23-13-12-21(26)24-15-17-6-8-18(22)9-7-17/h6-11,14,23H,4-5,12-13,15H2,1-3H3,(H,24,26). The first-order valence-corrected chi connectivity index (χ1v) is 9.14. The number of nitrogens with zero attached hydrogens (tertiary/aromatic N) is 1. The van der Waals surface area contributed by atoms with Crippen LogP contribution in [0, 0.1) is 12.7 Å². The zero-order chi connectivity index (χ0) is 18.9. The van der Waals surface area contributed by atoms with E-state index >= 15 is 0 Å². The Morgan fingerprint density at radius 2 is 1.77 bits per heavy atom. The van der Waals surface area contributed by atoms with Gasteiger partial charge < -0.3 is 15.5 Å². The van der Waals surface area contributed by atoms with Gasteiger partial charge in [0.2, 0.25) is 5.91 Å². The predicted octanol–water partition coefficient (Wildman–Crippen LogP) is 4.10. The van der Waals surface area contributed by atoms with Crippen LogP contribution in [0.2, 0.25) is 0 Å². The summed E-state index contributed by atoms with van der Waals surface area (Å²) in [6, 6.07) is 12.5. The normalized spacial score (nSPS) is 10.5. The van der Waals surface area contributed by atoms with Crippen LogP contribution in [0.5, 0.6) is 0 Å². The Hall–Kier alpha value is -2.56. The van der Waals surface area contributed by atoms with Crippen molar-refractivity contribution >= 4 is 17.3 Å². The van der Waals surface area contributed by atoms with Crippen molar-refractivity contribution in [1.82, 2.24) is 5.32 Å². The van der Waals surface area contributed by atoms with Crippen LogP contribution in [0.1, 0.15) is 31.4 Å². The third kappa shape index (κ3) is 5.76. The molecule has 0 aliphatic heterocycles. The summed E-state index contributed by atoms with van der Waals surface area (Å²) < 4.78 is 12.9. The molecular weight excluding hydrogens is 329 g/mol. The van der Waals surface area contributed by atoms with Gasteiger partial charge in [0.15, 0.2) is 0 Å². The van der Waals surface area contributed by atoms with Gasteiger partial charge in [-0.25, -0.2) is 4.39 Å². The second-order valence-electron chi connectivity index (χ2n) is 6.25. The van der Waals surface area contributed by atoms with Crippen molar-refractivity contribution in [3.05, 3.63) is 59.4 Å². The fourth-order valence-corrected chi connectivity index (χ4v) is 2.83. The summed E-state index contributed by atoms with van der Waals surface area (Å²) in [6.07, 6.45) is 0.387. The average Bonchev–Trinajstić information content (AvgIpc) is 2.64. The molecule has 5 heteroatoms. The Bertz CT molecular complexity index is 712. The first kappa shape index (κ1) is 19.8. The second-order valence-corrected chi connectivity index (χ2v) is 6.25. The topological polar surface area (TPSA) is 44.4 Å². The number of hydrogen-bond donors (Lipinski definition) is 2. The monoisotopic (exact) mass is 357 g/mol. The van der Waals surface area contributed by atoms with E-state index in [1.54, 1.807) is 12.1 Å². The van der Waals surface area contributed by atoms with E-state index < -0.39 is 0 Å². The molecule has 140 valence electrons. The number of nitrogens with one attached hydrogen (secondary N) is 2. The molecule has 2 aromatic carbocycles. The number of aryl methyl sites for hydroxylation is 1. The molecule has 0 heterocycles. The third-order valence-corrected chi connectivity index (χ3v) is 4.41. The molecule has 2 N–H and O–H groups in total. The molecule has 1 amide bonds. The zero-order valence-corrected chi connectivity index (χ0v) is 15.8. The van der Waals surface area contributed by atoms with E-state index in [1.807, 2.05) is 0 Å². The van der Waals surface area contributed by atoms with Gasteiger partial charge in [0.05, 0.1) is 0 Å². The number of carbonyl (C=O) groups is 1. The highest BCUT2D eigenvalue weighted by molar-refractivity contribution is 5.76. The maximum Gasteiger partial charge on any atom is 0.222 e. The van der Waals surface area contributed by atoms with Crippen LogP contribution in [0.3, 0.4) is 0 Å². The number of benzene rings is 2. The summed E-state index contributed by atoms with van der Waals surface area (Å²) in [5.74, 6) is -0.300. The van der Waals surface area contributed by atoms with E-state index in [0.29, 0.717) is 19.5 Å². The first-order valence-electron chi connectivity index (χ1n) is 9.14. The number of halogens is 1. The lowest BCUT2D eigenvalue weighted by Gasteiger charge is -2.22. The Kier molecular flexibility index (Phi) is 7.45. The van der Waals surface area contributed by atoms with Gasteiger partial charge >= 0.3 is 0 Å². The molecule has 0 unspecified atom stereocenters. The number of anilines is 2. The van der Waals surface area contributed by atoms with Gasteiger partial charge in [-0.2, -0.15) is 0 Å². The van der Waals surface area contributed by atoms with Crippen LogP contribution in [0.4, 0.5) is 15.8 Å². The van der Waals surface area contributed by atoms with Crippen molar-refractivity contribution in [3.8, 4) is 0 Å². The Balaban J connectivity index is 1.78. The van der Waals surface area contributed by atoms with Crippen molar-refractivity contribution in [2.45, 2.75) is 33.7 Å². The van der Waals surface area contributed by atoms with E-state index in [-0.39, 0.29) is 11.7 Å². The van der Waals surface area contributed by atoms with Crippen LogP contribution < -0.4 is 15.5 Å². The predicted molar refractivity (Wildman–Crippen MR) is 106 cm³/mol. The molecule has 0 spiro atoms. The highest BCUT2D eigenvalue weighted by atomic mass is 19.1. The molecule has 0 bridgehead atoms. The van der Waals surface area contributed by atoms with E-state index in [2.05, 4.69) is 54.5 Å². The molecule has 2 rings (SSSR count). The van der Waals surface area contributed by atoms with Gasteiger partial charge in [-0.15, -0.1) is 0 Å². The summed E-state index contributed by atoms with van der Waals surface area (Å²) >= 11 is 0. The molecule has 0 radical (unpaired) electrons. The van der Waals surface area contributed by atoms with E-state index in [1.165, 1.54) is 23.4 Å². The summed E-state index contributed by atoms with van der Waals surface area (Å²) in [7, 11) is 0. The summed E-state index contributed by atoms with van der Waals surface area (Å²) in [5, 5.41) is 6.17. The van der Waals surface area contributed by atoms with Gasteiger partial charge in [-0.05, 0) is 62.2 Å². The SMILES string of the molecule is CCN(CC)c1ccc(NCCC(=O)NCc2ccc(F)cc2)c(C)c1. The van der Waals surface area contributed by atoms with Crippen LogP contribution in [-0.2, 0) is 11.3 Å². The fraction of sp³-hybridized carbons (Fsp3) is 0.381. The van der Waals surface area contributed by atoms with Crippen LogP contribution >= 0.6 is 0 Å². The average molecular weight is 357 g/mol. The van der Waals surface area contributed by atoms with Gasteiger partial charge in [0.25, 0.3) is 0 Å². The Morgan fingerprint density at radius 3 is 2.38 bits per heavy atom. The minimum atomic E-state index is -0.272. The molecule has 0 aromatic heterocycles. The second kappa shape index (κ2) is 9.80. The summed E-state index contributed by atoms with van der Waals surface area (Å²) in [5.41, 5.74) is 4.32. The van der Waals surface area contributed by atoms with Gasteiger partial charge in [-0.3, -0.25) is 4.79 Å². The number of rotatable bonds is 9. The van der Waals surface area contributed by atoms with E-state index in [0.717, 1.165) is 24.3 Å². The Labute approximate surface area is 155 Å². The lowest BCUT2D eigenvalue weighted by atomic mass is 10.1. The largest absolute Gasteiger partial charge is 0.384 e. The molecule has 0 saturated carbocycles. The van der Waals surface area contributed by atoms with E-state index in [9.17, 15) is 9.18 Å². The lowest BCUT2D eigenvalue weighted by molar-refractivity contribution is -0.121. The smallest absolute Gasteiger partial charge is 0.222 e. The van der Waals surface area contributed by atoms with Crippen molar-refractivity contribution < 1.29 is 9.18 Å². The number of amides is 1. The molecule has 26 heavy (non-hydrogen) atoms. The minimum Gasteiger partial charge on any atom is -0.384 e. The molecule has 4 nitrogen and oxygen atoms in total. The number of hydrogen-bond acceptors (Lipinski definition) is 3. The number of carbonyl (C=O) groups excluding carboxylic acids is 1. The van der Waals surface area contributed by atoms with Crippen LogP contribution in [0.25, 0.3) is 0 Å². The van der Waals surface area contributed by atoms with Crippen molar-refractivity contribution in [2.75, 3.05) is 29.9 Å². The minimum absolute atomic E-state index is 0.0285. The highest BCUT2D eigenvalue weighted by Gasteiger charge is 2.06. The first-order chi connectivity index (χ1) is 12.5. The zero-order valence-electron chi connectivity index (χ0n) is 15.8. The van der Waals surface area contributed by atoms with Crippen molar-refractivity contribution in [1.29, 1.82) is 0 Å². The maximum absolute atomic E-state index is 12.9. The molecule has 0 saturated heterocycles. The molecule has 0 fully saturated rings. The van der Waals surface area contributed by atoms with Crippen molar-refractivity contribution in [3.63, 3.8) is 0 Å². The van der Waals surface area contributed by atoms with E-state index in [4.69, 9.17) is 0 Å². The fourth-order valence-electron chi connectivity index (χ4n) is 2.83. The summed E-state index contributed by atoms with van der Waals surface area (Å²) in [6.45, 7) is 9.32. The molecule has 0 atom stereocenters. The maximum atomic E-state index is 12.9. The quantitative estimate of drug-likeness (QED) is 0.710. The van der Waals surface area contributed by atoms with Crippen LogP contribution in [0.15, 0.2) is 42.5 Å². The van der Waals surface area contributed by atoms with Gasteiger partial charge in [-0.1, -0.05) is 12.1 Å². The lowest BCUT2D eigenvalue weighted by Crippen LogP contribution is -2.25. The molecule has 0 aliphatic carbocycles. The molecular formula is C21H28FN3O. The van der Waals surface area contributed by atoms with Crippen LogP contribution in [-0.4, -0.2) is 25.5 Å². The van der Waals surface area contributed by atoms with Gasteiger partial charge in [0.1, 0.15) is 5.82 Å².